The fraction of sp³-hybridized carbons (Fsp3) is 0.750. The van der Waals surface area contributed by atoms with Gasteiger partial charge in [-0.05, 0) is 32.4 Å². The summed E-state index contributed by atoms with van der Waals surface area (Å²) in [5.74, 6) is -3.65. The molecule has 0 unspecified atom stereocenters. The van der Waals surface area contributed by atoms with Crippen molar-refractivity contribution >= 4 is 23.8 Å². The summed E-state index contributed by atoms with van der Waals surface area (Å²) in [5.41, 5.74) is 0. The Kier molecular flexibility index (Phi) is 11.4. The Morgan fingerprint density at radius 3 is 1.88 bits per heavy atom. The summed E-state index contributed by atoms with van der Waals surface area (Å²) in [5, 5.41) is 14.8. The number of hydrogen-bond donors (Lipinski definition) is 2. The SMILES string of the molecule is CCCCN(CCCC)CC(=O)N1CCCC1=O.O=C(O)C(=O)O. The first kappa shape index (κ1) is 22.0. The predicted octanol–water partition coefficient (Wildman–Crippen LogP) is 1.19. The molecule has 1 rings (SSSR count). The van der Waals surface area contributed by atoms with Crippen LogP contribution < -0.4 is 0 Å². The molecule has 1 aliphatic rings. The van der Waals surface area contributed by atoms with Gasteiger partial charge in [0.1, 0.15) is 0 Å². The summed E-state index contributed by atoms with van der Waals surface area (Å²) < 4.78 is 0. The molecular formula is C16H28N2O6. The first-order valence-corrected chi connectivity index (χ1v) is 8.35. The van der Waals surface area contributed by atoms with E-state index in [4.69, 9.17) is 19.8 Å². The Balaban J connectivity index is 0.000000754. The van der Waals surface area contributed by atoms with Gasteiger partial charge in [-0.2, -0.15) is 0 Å². The summed E-state index contributed by atoms with van der Waals surface area (Å²) in [4.78, 5) is 45.4. The average molecular weight is 344 g/mol. The molecule has 2 N–H and O–H groups in total. The van der Waals surface area contributed by atoms with Crippen LogP contribution in [-0.2, 0) is 19.2 Å². The van der Waals surface area contributed by atoms with Gasteiger partial charge in [-0.3, -0.25) is 19.4 Å². The molecule has 8 nitrogen and oxygen atoms in total. The van der Waals surface area contributed by atoms with Crippen molar-refractivity contribution in [3.8, 4) is 0 Å². The van der Waals surface area contributed by atoms with Crippen molar-refractivity contribution in [1.29, 1.82) is 0 Å². The number of carboxylic acids is 2. The van der Waals surface area contributed by atoms with Gasteiger partial charge in [0.25, 0.3) is 0 Å². The molecular weight excluding hydrogens is 316 g/mol. The first-order valence-electron chi connectivity index (χ1n) is 8.35. The minimum atomic E-state index is -1.82. The molecule has 0 aliphatic carbocycles. The minimum Gasteiger partial charge on any atom is -0.473 e. The van der Waals surface area contributed by atoms with Crippen molar-refractivity contribution in [2.24, 2.45) is 0 Å². The van der Waals surface area contributed by atoms with E-state index in [1.54, 1.807) is 0 Å². The van der Waals surface area contributed by atoms with E-state index in [0.29, 0.717) is 19.5 Å². The lowest BCUT2D eigenvalue weighted by atomic mass is 10.2. The largest absolute Gasteiger partial charge is 0.473 e. The van der Waals surface area contributed by atoms with Crippen LogP contribution in [-0.4, -0.2) is 69.9 Å². The Labute approximate surface area is 142 Å². The van der Waals surface area contributed by atoms with Crippen molar-refractivity contribution in [3.63, 3.8) is 0 Å². The lowest BCUT2D eigenvalue weighted by Crippen LogP contribution is -2.41. The number of rotatable bonds is 8. The van der Waals surface area contributed by atoms with E-state index < -0.39 is 11.9 Å². The maximum atomic E-state index is 12.1. The molecule has 8 heteroatoms. The summed E-state index contributed by atoms with van der Waals surface area (Å²) in [6, 6.07) is 0. The van der Waals surface area contributed by atoms with Crippen molar-refractivity contribution in [2.45, 2.75) is 52.4 Å². The van der Waals surface area contributed by atoms with Crippen LogP contribution in [0.2, 0.25) is 0 Å². The number of carbonyl (C=O) groups excluding carboxylic acids is 2. The number of carbonyl (C=O) groups is 4. The fourth-order valence-corrected chi connectivity index (χ4v) is 2.22. The number of aliphatic carboxylic acids is 2. The number of nitrogens with zero attached hydrogens (tertiary/aromatic N) is 2. The topological polar surface area (TPSA) is 115 Å². The average Bonchev–Trinajstić information content (AvgIpc) is 2.96. The number of carboxylic acid groups (broad SMARTS) is 2. The third kappa shape index (κ3) is 9.24. The van der Waals surface area contributed by atoms with E-state index in [1.807, 2.05) is 0 Å². The second kappa shape index (κ2) is 12.5. The summed E-state index contributed by atoms with van der Waals surface area (Å²) in [6.07, 6.45) is 5.87. The van der Waals surface area contributed by atoms with E-state index in [2.05, 4.69) is 18.7 Å². The minimum absolute atomic E-state index is 0.00549. The molecule has 0 bridgehead atoms. The van der Waals surface area contributed by atoms with Gasteiger partial charge in [-0.25, -0.2) is 9.59 Å². The molecule has 138 valence electrons. The molecule has 1 fully saturated rings. The highest BCUT2D eigenvalue weighted by atomic mass is 16.4. The van der Waals surface area contributed by atoms with Crippen molar-refractivity contribution in [3.05, 3.63) is 0 Å². The number of unbranched alkanes of at least 4 members (excludes halogenated alkanes) is 2. The Morgan fingerprint density at radius 2 is 1.54 bits per heavy atom. The zero-order chi connectivity index (χ0) is 18.5. The molecule has 1 aliphatic heterocycles. The van der Waals surface area contributed by atoms with Crippen LogP contribution >= 0.6 is 0 Å². The quantitative estimate of drug-likeness (QED) is 0.636. The molecule has 0 aromatic rings. The molecule has 0 radical (unpaired) electrons. The zero-order valence-electron chi connectivity index (χ0n) is 14.5. The van der Waals surface area contributed by atoms with Gasteiger partial charge in [-0.1, -0.05) is 26.7 Å². The molecule has 0 saturated carbocycles. The summed E-state index contributed by atoms with van der Waals surface area (Å²) in [7, 11) is 0. The van der Waals surface area contributed by atoms with Gasteiger partial charge in [0.2, 0.25) is 11.8 Å². The van der Waals surface area contributed by atoms with E-state index in [9.17, 15) is 9.59 Å². The molecule has 0 aromatic heterocycles. The van der Waals surface area contributed by atoms with Crippen molar-refractivity contribution in [2.75, 3.05) is 26.2 Å². The van der Waals surface area contributed by atoms with Crippen LogP contribution in [0.3, 0.4) is 0 Å². The van der Waals surface area contributed by atoms with Gasteiger partial charge in [0.05, 0.1) is 6.54 Å². The Bertz CT molecular complexity index is 418. The molecule has 24 heavy (non-hydrogen) atoms. The lowest BCUT2D eigenvalue weighted by Gasteiger charge is -2.23. The van der Waals surface area contributed by atoms with Crippen LogP contribution in [0.5, 0.6) is 0 Å². The van der Waals surface area contributed by atoms with E-state index in [0.717, 1.165) is 45.2 Å². The van der Waals surface area contributed by atoms with E-state index in [1.165, 1.54) is 4.90 Å². The van der Waals surface area contributed by atoms with Crippen LogP contribution in [0, 0.1) is 0 Å². The smallest absolute Gasteiger partial charge is 0.414 e. The highest BCUT2D eigenvalue weighted by Crippen LogP contribution is 2.10. The third-order valence-corrected chi connectivity index (χ3v) is 3.57. The monoisotopic (exact) mass is 344 g/mol. The standard InChI is InChI=1S/C14H26N2O2.C2H2O4/c1-3-5-9-15(10-6-4-2)12-14(18)16-11-7-8-13(16)17;3-1(4)2(5)6/h3-12H2,1-2H3;(H,3,4)(H,5,6). The van der Waals surface area contributed by atoms with Crippen LogP contribution in [0.25, 0.3) is 0 Å². The van der Waals surface area contributed by atoms with Crippen molar-refractivity contribution in [1.82, 2.24) is 9.80 Å². The molecule has 1 heterocycles. The van der Waals surface area contributed by atoms with Crippen molar-refractivity contribution < 1.29 is 29.4 Å². The normalized spacial score (nSPS) is 13.6. The zero-order valence-corrected chi connectivity index (χ0v) is 14.5. The van der Waals surface area contributed by atoms with E-state index >= 15 is 0 Å². The highest BCUT2D eigenvalue weighted by molar-refractivity contribution is 6.27. The first-order chi connectivity index (χ1) is 11.3. The van der Waals surface area contributed by atoms with Crippen LogP contribution in [0.4, 0.5) is 0 Å². The molecule has 2 amide bonds. The molecule has 0 atom stereocenters. The summed E-state index contributed by atoms with van der Waals surface area (Å²) in [6.45, 7) is 7.26. The van der Waals surface area contributed by atoms with Gasteiger partial charge in [-0.15, -0.1) is 0 Å². The number of hydrogen-bond acceptors (Lipinski definition) is 5. The van der Waals surface area contributed by atoms with Crippen LogP contribution in [0.1, 0.15) is 52.4 Å². The highest BCUT2D eigenvalue weighted by Gasteiger charge is 2.27. The number of imide groups is 1. The lowest BCUT2D eigenvalue weighted by molar-refractivity contribution is -0.159. The van der Waals surface area contributed by atoms with Gasteiger partial charge in [0, 0.05) is 13.0 Å². The molecule has 0 aromatic carbocycles. The Morgan fingerprint density at radius 1 is 1.04 bits per heavy atom. The Hall–Kier alpha value is -1.96. The summed E-state index contributed by atoms with van der Waals surface area (Å²) >= 11 is 0. The van der Waals surface area contributed by atoms with Gasteiger partial charge >= 0.3 is 11.9 Å². The van der Waals surface area contributed by atoms with Gasteiger partial charge < -0.3 is 10.2 Å². The van der Waals surface area contributed by atoms with E-state index in [-0.39, 0.29) is 11.8 Å². The molecule has 0 spiro atoms. The maximum Gasteiger partial charge on any atom is 0.414 e. The predicted molar refractivity (Wildman–Crippen MR) is 87.5 cm³/mol. The van der Waals surface area contributed by atoms with Gasteiger partial charge in [0.15, 0.2) is 0 Å². The maximum absolute atomic E-state index is 12.1. The second-order valence-electron chi connectivity index (χ2n) is 5.64. The molecule has 1 saturated heterocycles. The van der Waals surface area contributed by atoms with Crippen LogP contribution in [0.15, 0.2) is 0 Å². The third-order valence-electron chi connectivity index (χ3n) is 3.57. The number of amides is 2. The second-order valence-corrected chi connectivity index (χ2v) is 5.64. The fourth-order valence-electron chi connectivity index (χ4n) is 2.22. The number of likely N-dealkylation sites (tertiary alicyclic amines) is 1.